The number of methoxy groups -OCH3 is 1. The second-order valence-corrected chi connectivity index (χ2v) is 3.36. The molecule has 5 nitrogen and oxygen atoms in total. The number of hydrogen-bond acceptors (Lipinski definition) is 4. The molecule has 1 amide bonds. The molecule has 0 aromatic heterocycles. The van der Waals surface area contributed by atoms with Crippen molar-refractivity contribution in [2.75, 3.05) is 20.3 Å². The van der Waals surface area contributed by atoms with Gasteiger partial charge in [-0.25, -0.2) is 0 Å². The van der Waals surface area contributed by atoms with Crippen molar-refractivity contribution >= 4 is 12.0 Å². The highest BCUT2D eigenvalue weighted by molar-refractivity contribution is 5.92. The highest BCUT2D eigenvalue weighted by Gasteiger charge is 1.99. The Morgan fingerprint density at radius 3 is 2.88 bits per heavy atom. The predicted octanol–water partition coefficient (Wildman–Crippen LogP) is 0.874. The molecule has 0 saturated heterocycles. The quantitative estimate of drug-likeness (QED) is 0.524. The van der Waals surface area contributed by atoms with Gasteiger partial charge in [0.05, 0.1) is 6.61 Å². The Balaban J connectivity index is 2.55. The van der Waals surface area contributed by atoms with Crippen LogP contribution in [0.1, 0.15) is 5.56 Å². The topological polar surface area (TPSA) is 78.8 Å². The zero-order valence-electron chi connectivity index (χ0n) is 9.51. The molecule has 0 aliphatic carbocycles. The van der Waals surface area contributed by atoms with Gasteiger partial charge in [-0.1, -0.05) is 0 Å². The molecule has 5 heteroatoms. The average molecular weight is 237 g/mol. The second kappa shape index (κ2) is 6.55. The van der Waals surface area contributed by atoms with Gasteiger partial charge < -0.3 is 20.3 Å². The molecule has 0 bridgehead atoms. The number of hydrogen-bond donors (Lipinski definition) is 3. The fourth-order valence-corrected chi connectivity index (χ4v) is 1.17. The van der Waals surface area contributed by atoms with E-state index >= 15 is 0 Å². The van der Waals surface area contributed by atoms with Gasteiger partial charge in [-0.3, -0.25) is 4.79 Å². The van der Waals surface area contributed by atoms with Gasteiger partial charge in [0.1, 0.15) is 11.5 Å². The summed E-state index contributed by atoms with van der Waals surface area (Å²) in [5.41, 5.74) is 0.463. The van der Waals surface area contributed by atoms with Gasteiger partial charge >= 0.3 is 0 Å². The van der Waals surface area contributed by atoms with Crippen LogP contribution in [0.15, 0.2) is 24.3 Å². The number of nitrogens with one attached hydrogen (secondary N) is 1. The van der Waals surface area contributed by atoms with Crippen molar-refractivity contribution < 1.29 is 19.7 Å². The molecule has 0 heterocycles. The maximum Gasteiger partial charge on any atom is 0.244 e. The third-order valence-electron chi connectivity index (χ3n) is 2.03. The van der Waals surface area contributed by atoms with E-state index in [4.69, 9.17) is 9.84 Å². The Labute approximate surface area is 99.3 Å². The molecule has 0 aliphatic heterocycles. The van der Waals surface area contributed by atoms with Gasteiger partial charge in [-0.05, 0) is 18.2 Å². The number of carbonyl (C=O) groups is 1. The summed E-state index contributed by atoms with van der Waals surface area (Å²) in [6.07, 6.45) is 2.78. The average Bonchev–Trinajstić information content (AvgIpc) is 2.28. The van der Waals surface area contributed by atoms with Crippen molar-refractivity contribution in [2.24, 2.45) is 0 Å². The van der Waals surface area contributed by atoms with Crippen molar-refractivity contribution in [1.29, 1.82) is 0 Å². The van der Waals surface area contributed by atoms with Crippen LogP contribution in [0, 0.1) is 0 Å². The maximum absolute atomic E-state index is 11.3. The van der Waals surface area contributed by atoms with E-state index in [-0.39, 0.29) is 17.4 Å². The number of phenolic OH excluding ortho intramolecular Hbond substituents is 2. The van der Waals surface area contributed by atoms with Gasteiger partial charge in [0.25, 0.3) is 0 Å². The largest absolute Gasteiger partial charge is 0.508 e. The normalized spacial score (nSPS) is 10.6. The van der Waals surface area contributed by atoms with Crippen LogP contribution in [-0.2, 0) is 9.53 Å². The molecule has 0 aliphatic rings. The minimum atomic E-state index is -0.269. The lowest BCUT2D eigenvalue weighted by atomic mass is 10.2. The summed E-state index contributed by atoms with van der Waals surface area (Å²) in [7, 11) is 1.55. The summed E-state index contributed by atoms with van der Waals surface area (Å²) in [6, 6.07) is 4.16. The van der Waals surface area contributed by atoms with Crippen molar-refractivity contribution in [3.63, 3.8) is 0 Å². The van der Waals surface area contributed by atoms with Crippen molar-refractivity contribution in [3.8, 4) is 11.5 Å². The van der Waals surface area contributed by atoms with E-state index in [9.17, 15) is 9.90 Å². The van der Waals surface area contributed by atoms with Crippen LogP contribution in [0.3, 0.4) is 0 Å². The molecular weight excluding hydrogens is 222 g/mol. The van der Waals surface area contributed by atoms with Gasteiger partial charge in [0, 0.05) is 31.4 Å². The summed E-state index contributed by atoms with van der Waals surface area (Å²) >= 11 is 0. The first-order valence-corrected chi connectivity index (χ1v) is 5.10. The Kier molecular flexibility index (Phi) is 5.03. The lowest BCUT2D eigenvalue weighted by molar-refractivity contribution is -0.116. The first-order valence-electron chi connectivity index (χ1n) is 5.10. The molecule has 3 N–H and O–H groups in total. The van der Waals surface area contributed by atoms with Gasteiger partial charge in [0.15, 0.2) is 0 Å². The Hall–Kier alpha value is -2.01. The van der Waals surface area contributed by atoms with Crippen LogP contribution in [0.25, 0.3) is 6.08 Å². The van der Waals surface area contributed by atoms with Crippen LogP contribution in [-0.4, -0.2) is 36.4 Å². The van der Waals surface area contributed by atoms with E-state index < -0.39 is 0 Å². The Morgan fingerprint density at radius 2 is 2.24 bits per heavy atom. The van der Waals surface area contributed by atoms with Gasteiger partial charge in [0.2, 0.25) is 5.91 Å². The third kappa shape index (κ3) is 4.56. The van der Waals surface area contributed by atoms with E-state index in [1.165, 1.54) is 30.4 Å². The Bertz CT molecular complexity index is 415. The second-order valence-electron chi connectivity index (χ2n) is 3.36. The van der Waals surface area contributed by atoms with E-state index in [0.29, 0.717) is 18.7 Å². The number of aromatic hydroxyl groups is 2. The first-order chi connectivity index (χ1) is 8.13. The molecule has 1 rings (SSSR count). The monoisotopic (exact) mass is 237 g/mol. The fourth-order valence-electron chi connectivity index (χ4n) is 1.17. The molecule has 1 aromatic carbocycles. The summed E-state index contributed by atoms with van der Waals surface area (Å²) < 4.78 is 4.78. The number of ether oxygens (including phenoxy) is 1. The zero-order valence-corrected chi connectivity index (χ0v) is 9.51. The predicted molar refractivity (Wildman–Crippen MR) is 63.7 cm³/mol. The smallest absolute Gasteiger partial charge is 0.244 e. The molecule has 0 atom stereocenters. The van der Waals surface area contributed by atoms with Crippen LogP contribution in [0.2, 0.25) is 0 Å². The summed E-state index contributed by atoms with van der Waals surface area (Å²) in [5.74, 6) is -0.371. The molecule has 92 valence electrons. The highest BCUT2D eigenvalue weighted by atomic mass is 16.5. The van der Waals surface area contributed by atoms with Crippen LogP contribution in [0.4, 0.5) is 0 Å². The van der Waals surface area contributed by atoms with E-state index in [1.54, 1.807) is 7.11 Å². The molecule has 0 radical (unpaired) electrons. The molecule has 17 heavy (non-hydrogen) atoms. The molecule has 0 unspecified atom stereocenters. The van der Waals surface area contributed by atoms with E-state index in [0.717, 1.165) is 0 Å². The molecule has 0 fully saturated rings. The van der Waals surface area contributed by atoms with Crippen molar-refractivity contribution in [2.45, 2.75) is 0 Å². The lowest BCUT2D eigenvalue weighted by Gasteiger charge is -2.01. The third-order valence-corrected chi connectivity index (χ3v) is 2.03. The van der Waals surface area contributed by atoms with Crippen LogP contribution >= 0.6 is 0 Å². The Morgan fingerprint density at radius 1 is 1.47 bits per heavy atom. The fraction of sp³-hybridized carbons (Fsp3) is 0.250. The number of amides is 1. The molecule has 0 saturated carbocycles. The highest BCUT2D eigenvalue weighted by Crippen LogP contribution is 2.23. The van der Waals surface area contributed by atoms with E-state index in [1.807, 2.05) is 0 Å². The SMILES string of the molecule is COCCNC(=O)/C=C/c1ccc(O)cc1O. The minimum absolute atomic E-state index is 0.0239. The lowest BCUT2D eigenvalue weighted by Crippen LogP contribution is -2.24. The van der Waals surface area contributed by atoms with Gasteiger partial charge in [-0.2, -0.15) is 0 Å². The minimum Gasteiger partial charge on any atom is -0.508 e. The number of phenols is 2. The van der Waals surface area contributed by atoms with E-state index in [2.05, 4.69) is 5.32 Å². The molecular formula is C12H15NO4. The zero-order chi connectivity index (χ0) is 12.7. The summed E-state index contributed by atoms with van der Waals surface area (Å²) in [6.45, 7) is 0.880. The molecule has 0 spiro atoms. The standard InChI is InChI=1S/C12H15NO4/c1-17-7-6-13-12(16)5-3-9-2-4-10(14)8-11(9)15/h2-5,8,14-15H,6-7H2,1H3,(H,13,16)/b5-3+. The van der Waals surface area contributed by atoms with Crippen LogP contribution in [0.5, 0.6) is 11.5 Å². The van der Waals surface area contributed by atoms with Gasteiger partial charge in [-0.15, -0.1) is 0 Å². The van der Waals surface area contributed by atoms with Crippen molar-refractivity contribution in [1.82, 2.24) is 5.32 Å². The maximum atomic E-state index is 11.3. The van der Waals surface area contributed by atoms with Crippen LogP contribution < -0.4 is 5.32 Å². The number of benzene rings is 1. The number of carbonyl (C=O) groups excluding carboxylic acids is 1. The first kappa shape index (κ1) is 13.1. The summed E-state index contributed by atoms with van der Waals surface area (Å²) in [4.78, 5) is 11.3. The van der Waals surface area contributed by atoms with Crippen molar-refractivity contribution in [3.05, 3.63) is 29.8 Å². The summed E-state index contributed by atoms with van der Waals surface area (Å²) in [5, 5.41) is 21.1. The molecule has 1 aromatic rings. The number of rotatable bonds is 5.